The Morgan fingerprint density at radius 2 is 2.00 bits per heavy atom. The summed E-state index contributed by atoms with van der Waals surface area (Å²) >= 11 is 0. The molecular formula is C11H17N3O. The van der Waals surface area contributed by atoms with Crippen LogP contribution in [0.1, 0.15) is 5.69 Å². The number of amides is 1. The normalized spacial score (nSPS) is 10.5. The molecule has 0 bridgehead atoms. The molecule has 1 heterocycles. The van der Waals surface area contributed by atoms with Gasteiger partial charge in [-0.15, -0.1) is 0 Å². The van der Waals surface area contributed by atoms with Crippen molar-refractivity contribution < 1.29 is 4.79 Å². The molecular weight excluding hydrogens is 190 g/mol. The van der Waals surface area contributed by atoms with Crippen LogP contribution in [-0.2, 0) is 4.79 Å². The standard InChI is InChI=1S/C11H17N3O/c1-9-5-6-10(7-12-9)14(4)11(15)8-13(2)3/h5-7H,8H2,1-4H3. The van der Waals surface area contributed by atoms with Crippen LogP contribution in [-0.4, -0.2) is 43.5 Å². The van der Waals surface area contributed by atoms with Crippen molar-refractivity contribution in [2.24, 2.45) is 0 Å². The molecule has 0 aromatic carbocycles. The predicted molar refractivity (Wildman–Crippen MR) is 60.9 cm³/mol. The Hall–Kier alpha value is -1.42. The fourth-order valence-electron chi connectivity index (χ4n) is 1.18. The second-order valence-electron chi connectivity index (χ2n) is 3.85. The molecule has 4 heteroatoms. The summed E-state index contributed by atoms with van der Waals surface area (Å²) in [6.07, 6.45) is 1.71. The zero-order valence-corrected chi connectivity index (χ0v) is 9.69. The fourth-order valence-corrected chi connectivity index (χ4v) is 1.18. The van der Waals surface area contributed by atoms with E-state index in [1.807, 2.05) is 38.1 Å². The van der Waals surface area contributed by atoms with Gasteiger partial charge in [0.25, 0.3) is 0 Å². The van der Waals surface area contributed by atoms with Gasteiger partial charge < -0.3 is 9.80 Å². The highest BCUT2D eigenvalue weighted by Crippen LogP contribution is 2.10. The third-order valence-corrected chi connectivity index (χ3v) is 2.11. The van der Waals surface area contributed by atoms with E-state index in [2.05, 4.69) is 4.98 Å². The third-order valence-electron chi connectivity index (χ3n) is 2.11. The SMILES string of the molecule is Cc1ccc(N(C)C(=O)CN(C)C)cn1. The van der Waals surface area contributed by atoms with Gasteiger partial charge in [-0.2, -0.15) is 0 Å². The van der Waals surface area contributed by atoms with Gasteiger partial charge in [-0.3, -0.25) is 9.78 Å². The quantitative estimate of drug-likeness (QED) is 0.739. The second-order valence-corrected chi connectivity index (χ2v) is 3.85. The van der Waals surface area contributed by atoms with E-state index in [0.29, 0.717) is 6.54 Å². The highest BCUT2D eigenvalue weighted by atomic mass is 16.2. The average Bonchev–Trinajstić information content (AvgIpc) is 2.17. The Balaban J connectivity index is 2.71. The van der Waals surface area contributed by atoms with E-state index < -0.39 is 0 Å². The van der Waals surface area contributed by atoms with Gasteiger partial charge in [-0.1, -0.05) is 0 Å². The van der Waals surface area contributed by atoms with Gasteiger partial charge in [-0.25, -0.2) is 0 Å². The first-order chi connectivity index (χ1) is 7.00. The van der Waals surface area contributed by atoms with E-state index in [1.54, 1.807) is 18.1 Å². The third kappa shape index (κ3) is 3.32. The zero-order valence-electron chi connectivity index (χ0n) is 9.69. The molecule has 1 amide bonds. The summed E-state index contributed by atoms with van der Waals surface area (Å²) in [6, 6.07) is 3.80. The molecule has 82 valence electrons. The molecule has 0 saturated heterocycles. The van der Waals surface area contributed by atoms with Gasteiger partial charge in [0, 0.05) is 12.7 Å². The first kappa shape index (κ1) is 11.7. The van der Waals surface area contributed by atoms with Gasteiger partial charge in [0.2, 0.25) is 5.91 Å². The predicted octanol–water partition coefficient (Wildman–Crippen LogP) is 0.914. The maximum atomic E-state index is 11.7. The van der Waals surface area contributed by atoms with Crippen LogP contribution >= 0.6 is 0 Å². The Morgan fingerprint density at radius 3 is 2.47 bits per heavy atom. The van der Waals surface area contributed by atoms with Gasteiger partial charge >= 0.3 is 0 Å². The van der Waals surface area contributed by atoms with Crippen LogP contribution in [0.25, 0.3) is 0 Å². The number of anilines is 1. The summed E-state index contributed by atoms with van der Waals surface area (Å²) in [5.41, 5.74) is 1.78. The highest BCUT2D eigenvalue weighted by molar-refractivity contribution is 5.94. The van der Waals surface area contributed by atoms with E-state index in [0.717, 1.165) is 11.4 Å². The van der Waals surface area contributed by atoms with Gasteiger partial charge in [0.15, 0.2) is 0 Å². The molecule has 0 saturated carbocycles. The number of hydrogen-bond acceptors (Lipinski definition) is 3. The zero-order chi connectivity index (χ0) is 11.4. The van der Waals surface area contributed by atoms with Crippen LogP contribution in [0.4, 0.5) is 5.69 Å². The van der Waals surface area contributed by atoms with Crippen LogP contribution in [0, 0.1) is 6.92 Å². The molecule has 0 radical (unpaired) electrons. The van der Waals surface area contributed by atoms with Crippen molar-refractivity contribution in [1.82, 2.24) is 9.88 Å². The van der Waals surface area contributed by atoms with Gasteiger partial charge in [0.1, 0.15) is 0 Å². The number of hydrogen-bond donors (Lipinski definition) is 0. The Kier molecular flexibility index (Phi) is 3.80. The topological polar surface area (TPSA) is 36.4 Å². The first-order valence-corrected chi connectivity index (χ1v) is 4.84. The van der Waals surface area contributed by atoms with E-state index >= 15 is 0 Å². The lowest BCUT2D eigenvalue weighted by Gasteiger charge is -2.19. The number of pyridine rings is 1. The summed E-state index contributed by atoms with van der Waals surface area (Å²) in [5, 5.41) is 0. The summed E-state index contributed by atoms with van der Waals surface area (Å²) < 4.78 is 0. The summed E-state index contributed by atoms with van der Waals surface area (Å²) in [7, 11) is 5.51. The Bertz CT molecular complexity index is 332. The molecule has 0 unspecified atom stereocenters. The Morgan fingerprint density at radius 1 is 1.33 bits per heavy atom. The lowest BCUT2D eigenvalue weighted by atomic mass is 10.3. The van der Waals surface area contributed by atoms with E-state index in [1.165, 1.54) is 0 Å². The average molecular weight is 207 g/mol. The van der Waals surface area contributed by atoms with Crippen LogP contribution in [0.2, 0.25) is 0 Å². The van der Waals surface area contributed by atoms with Gasteiger partial charge in [0.05, 0.1) is 18.4 Å². The molecule has 15 heavy (non-hydrogen) atoms. The molecule has 0 atom stereocenters. The van der Waals surface area contributed by atoms with Crippen molar-refractivity contribution in [2.75, 3.05) is 32.6 Å². The summed E-state index contributed by atoms with van der Waals surface area (Å²) in [6.45, 7) is 2.33. The number of likely N-dealkylation sites (N-methyl/N-ethyl adjacent to an activating group) is 2. The molecule has 4 nitrogen and oxygen atoms in total. The highest BCUT2D eigenvalue weighted by Gasteiger charge is 2.11. The fraction of sp³-hybridized carbons (Fsp3) is 0.455. The molecule has 0 spiro atoms. The van der Waals surface area contributed by atoms with Crippen LogP contribution in [0.15, 0.2) is 18.3 Å². The number of carbonyl (C=O) groups is 1. The van der Waals surface area contributed by atoms with Crippen molar-refractivity contribution in [1.29, 1.82) is 0 Å². The minimum absolute atomic E-state index is 0.0608. The van der Waals surface area contributed by atoms with Crippen molar-refractivity contribution >= 4 is 11.6 Å². The number of rotatable bonds is 3. The van der Waals surface area contributed by atoms with Crippen molar-refractivity contribution in [3.63, 3.8) is 0 Å². The number of aromatic nitrogens is 1. The maximum Gasteiger partial charge on any atom is 0.240 e. The largest absolute Gasteiger partial charge is 0.313 e. The molecule has 0 fully saturated rings. The molecule has 0 aliphatic heterocycles. The summed E-state index contributed by atoms with van der Waals surface area (Å²) in [4.78, 5) is 19.3. The maximum absolute atomic E-state index is 11.7. The van der Waals surface area contributed by atoms with Crippen molar-refractivity contribution in [2.45, 2.75) is 6.92 Å². The van der Waals surface area contributed by atoms with Crippen molar-refractivity contribution in [3.8, 4) is 0 Å². The van der Waals surface area contributed by atoms with Gasteiger partial charge in [-0.05, 0) is 33.2 Å². The molecule has 0 aliphatic carbocycles. The van der Waals surface area contributed by atoms with E-state index in [9.17, 15) is 4.79 Å². The van der Waals surface area contributed by atoms with E-state index in [-0.39, 0.29) is 5.91 Å². The minimum Gasteiger partial charge on any atom is -0.313 e. The van der Waals surface area contributed by atoms with Crippen LogP contribution in [0.3, 0.4) is 0 Å². The molecule has 1 rings (SSSR count). The molecule has 0 aliphatic rings. The van der Waals surface area contributed by atoms with Crippen LogP contribution < -0.4 is 4.90 Å². The Labute approximate surface area is 90.5 Å². The lowest BCUT2D eigenvalue weighted by molar-refractivity contribution is -0.118. The minimum atomic E-state index is 0.0608. The molecule has 1 aromatic rings. The number of nitrogens with zero attached hydrogens (tertiary/aromatic N) is 3. The second kappa shape index (κ2) is 4.89. The van der Waals surface area contributed by atoms with Crippen molar-refractivity contribution in [3.05, 3.63) is 24.0 Å². The first-order valence-electron chi connectivity index (χ1n) is 4.84. The molecule has 0 N–H and O–H groups in total. The molecule has 1 aromatic heterocycles. The smallest absolute Gasteiger partial charge is 0.240 e. The van der Waals surface area contributed by atoms with Crippen LogP contribution in [0.5, 0.6) is 0 Å². The lowest BCUT2D eigenvalue weighted by Crippen LogP contribution is -2.35. The summed E-state index contributed by atoms with van der Waals surface area (Å²) in [5.74, 6) is 0.0608. The number of carbonyl (C=O) groups excluding carboxylic acids is 1. The van der Waals surface area contributed by atoms with E-state index in [4.69, 9.17) is 0 Å². The number of aryl methyl sites for hydroxylation is 1. The monoisotopic (exact) mass is 207 g/mol.